The van der Waals surface area contributed by atoms with Crippen molar-refractivity contribution in [2.24, 2.45) is 0 Å². The number of carbonyl (C=O) groups is 3. The van der Waals surface area contributed by atoms with Crippen LogP contribution < -0.4 is 10.9 Å². The van der Waals surface area contributed by atoms with Crippen LogP contribution in [0, 0.1) is 5.82 Å². The van der Waals surface area contributed by atoms with Crippen LogP contribution in [-0.4, -0.2) is 50.7 Å². The zero-order valence-electron chi connectivity index (χ0n) is 12.9. The van der Waals surface area contributed by atoms with Gasteiger partial charge in [-0.15, -0.1) is 0 Å². The molecule has 0 aliphatic heterocycles. The normalized spacial score (nSPS) is 11.0. The third kappa shape index (κ3) is 5.93. The average molecular weight is 361 g/mol. The van der Waals surface area contributed by atoms with Gasteiger partial charge in [0.25, 0.3) is 5.91 Å². The van der Waals surface area contributed by atoms with Gasteiger partial charge in [0.2, 0.25) is 15.9 Å². The summed E-state index contributed by atoms with van der Waals surface area (Å²) in [6.45, 7) is -0.168. The second-order valence-corrected chi connectivity index (χ2v) is 6.65. The van der Waals surface area contributed by atoms with E-state index >= 15 is 0 Å². The number of halogens is 1. The van der Waals surface area contributed by atoms with Crippen molar-refractivity contribution in [3.05, 3.63) is 30.1 Å². The molecule has 0 spiro atoms. The Morgan fingerprint density at radius 2 is 1.75 bits per heavy atom. The molecule has 0 saturated carbocycles. The maximum atomic E-state index is 12.8. The molecular weight excluding hydrogens is 345 g/mol. The zero-order chi connectivity index (χ0) is 18.3. The number of nitrogens with zero attached hydrogens (tertiary/aromatic N) is 1. The highest BCUT2D eigenvalue weighted by Crippen LogP contribution is 2.14. The van der Waals surface area contributed by atoms with Crippen molar-refractivity contribution >= 4 is 27.8 Å². The Bertz CT molecular complexity index is 720. The summed E-state index contributed by atoms with van der Waals surface area (Å²) in [4.78, 5) is 33.2. The number of carbonyl (C=O) groups excluding carboxylic acids is 3. The fraction of sp³-hybridized carbons (Fsp3) is 0.308. The number of esters is 1. The van der Waals surface area contributed by atoms with Gasteiger partial charge in [-0.2, -0.15) is 4.31 Å². The van der Waals surface area contributed by atoms with Crippen molar-refractivity contribution < 1.29 is 31.9 Å². The summed E-state index contributed by atoms with van der Waals surface area (Å²) in [6, 6.07) is 4.08. The summed E-state index contributed by atoms with van der Waals surface area (Å²) < 4.78 is 42.4. The van der Waals surface area contributed by atoms with Gasteiger partial charge in [-0.3, -0.25) is 25.2 Å². The number of hydrazine groups is 1. The van der Waals surface area contributed by atoms with Crippen molar-refractivity contribution in [3.8, 4) is 0 Å². The summed E-state index contributed by atoms with van der Waals surface area (Å²) in [7, 11) is -2.87. The van der Waals surface area contributed by atoms with Gasteiger partial charge in [-0.25, -0.2) is 12.8 Å². The minimum Gasteiger partial charge on any atom is -0.455 e. The van der Waals surface area contributed by atoms with Crippen molar-refractivity contribution in [1.29, 1.82) is 0 Å². The average Bonchev–Trinajstić information content (AvgIpc) is 2.51. The van der Waals surface area contributed by atoms with E-state index in [9.17, 15) is 27.2 Å². The van der Waals surface area contributed by atoms with Gasteiger partial charge in [0.1, 0.15) is 12.4 Å². The van der Waals surface area contributed by atoms with Gasteiger partial charge in [-0.05, 0) is 24.3 Å². The zero-order valence-corrected chi connectivity index (χ0v) is 13.7. The molecule has 0 atom stereocenters. The van der Waals surface area contributed by atoms with E-state index in [0.717, 1.165) is 31.3 Å². The van der Waals surface area contributed by atoms with Crippen LogP contribution in [0.5, 0.6) is 0 Å². The lowest BCUT2D eigenvalue weighted by Crippen LogP contribution is -2.43. The quantitative estimate of drug-likeness (QED) is 0.503. The molecule has 0 saturated heterocycles. The lowest BCUT2D eigenvalue weighted by Gasteiger charge is -2.16. The molecule has 0 aliphatic rings. The molecule has 2 N–H and O–H groups in total. The Labute approximate surface area is 137 Å². The summed E-state index contributed by atoms with van der Waals surface area (Å²) in [5.41, 5.74) is 3.96. The van der Waals surface area contributed by atoms with Crippen molar-refractivity contribution in [2.75, 3.05) is 20.2 Å². The number of likely N-dealkylation sites (N-methyl/N-ethyl adjacent to an activating group) is 1. The second-order valence-electron chi connectivity index (χ2n) is 4.61. The fourth-order valence-corrected chi connectivity index (χ4v) is 2.55. The van der Waals surface area contributed by atoms with E-state index in [1.165, 1.54) is 6.92 Å². The molecule has 0 radical (unpaired) electrons. The Balaban J connectivity index is 2.55. The molecule has 1 rings (SSSR count). The van der Waals surface area contributed by atoms with Crippen molar-refractivity contribution in [3.63, 3.8) is 0 Å². The number of nitrogens with one attached hydrogen (secondary N) is 2. The van der Waals surface area contributed by atoms with Gasteiger partial charge in [0.05, 0.1) is 4.90 Å². The van der Waals surface area contributed by atoms with E-state index in [4.69, 9.17) is 0 Å². The van der Waals surface area contributed by atoms with Crippen LogP contribution in [0.25, 0.3) is 0 Å². The van der Waals surface area contributed by atoms with E-state index < -0.39 is 46.8 Å². The van der Waals surface area contributed by atoms with Gasteiger partial charge >= 0.3 is 5.97 Å². The Morgan fingerprint density at radius 1 is 1.17 bits per heavy atom. The van der Waals surface area contributed by atoms with Crippen LogP contribution in [0.1, 0.15) is 6.92 Å². The molecule has 1 aromatic carbocycles. The number of amides is 2. The van der Waals surface area contributed by atoms with Crippen LogP contribution in [0.15, 0.2) is 29.2 Å². The number of hydrogen-bond acceptors (Lipinski definition) is 6. The number of ether oxygens (including phenoxy) is 1. The molecule has 0 fully saturated rings. The van der Waals surface area contributed by atoms with E-state index in [-0.39, 0.29) is 4.90 Å². The molecule has 0 unspecified atom stereocenters. The highest BCUT2D eigenvalue weighted by atomic mass is 32.2. The second kappa shape index (κ2) is 8.36. The van der Waals surface area contributed by atoms with E-state index in [2.05, 4.69) is 4.74 Å². The van der Waals surface area contributed by atoms with Gasteiger partial charge in [0, 0.05) is 14.0 Å². The topological polar surface area (TPSA) is 122 Å². The smallest absolute Gasteiger partial charge is 0.321 e. The first-order chi connectivity index (χ1) is 11.1. The molecule has 0 heterocycles. The highest BCUT2D eigenvalue weighted by Gasteiger charge is 2.23. The maximum Gasteiger partial charge on any atom is 0.321 e. The third-order valence-corrected chi connectivity index (χ3v) is 4.43. The summed E-state index contributed by atoms with van der Waals surface area (Å²) in [6.07, 6.45) is 0. The van der Waals surface area contributed by atoms with Crippen LogP contribution in [0.4, 0.5) is 4.39 Å². The Hall–Kier alpha value is -2.53. The van der Waals surface area contributed by atoms with E-state index in [0.29, 0.717) is 4.31 Å². The van der Waals surface area contributed by atoms with Crippen LogP contribution in [0.2, 0.25) is 0 Å². The molecule has 0 aromatic heterocycles. The monoisotopic (exact) mass is 361 g/mol. The summed E-state index contributed by atoms with van der Waals surface area (Å²) in [5.74, 6) is -2.87. The van der Waals surface area contributed by atoms with Gasteiger partial charge in [0.15, 0.2) is 6.61 Å². The van der Waals surface area contributed by atoms with E-state index in [1.54, 1.807) is 0 Å². The van der Waals surface area contributed by atoms with Gasteiger partial charge in [-0.1, -0.05) is 0 Å². The van der Waals surface area contributed by atoms with Crippen LogP contribution in [-0.2, 0) is 29.1 Å². The molecule has 9 nitrogen and oxygen atoms in total. The molecule has 11 heteroatoms. The standard InChI is InChI=1S/C13H16FN3O6S/c1-9(18)15-16-12(19)8-23-13(20)7-17(2)24(21,22)11-5-3-10(14)4-6-11/h3-6H,7-8H2,1-2H3,(H,15,18)(H,16,19). The molecule has 24 heavy (non-hydrogen) atoms. The Kier molecular flexibility index (Phi) is 6.80. The first kappa shape index (κ1) is 19.5. The first-order valence-corrected chi connectivity index (χ1v) is 8.00. The largest absolute Gasteiger partial charge is 0.455 e. The Morgan fingerprint density at radius 3 is 2.29 bits per heavy atom. The summed E-state index contributed by atoms with van der Waals surface area (Å²) >= 11 is 0. The van der Waals surface area contributed by atoms with Gasteiger partial charge < -0.3 is 4.74 Å². The predicted molar refractivity (Wildman–Crippen MR) is 79.1 cm³/mol. The lowest BCUT2D eigenvalue weighted by atomic mass is 10.4. The van der Waals surface area contributed by atoms with Crippen molar-refractivity contribution in [2.45, 2.75) is 11.8 Å². The van der Waals surface area contributed by atoms with Crippen LogP contribution in [0.3, 0.4) is 0 Å². The summed E-state index contributed by atoms with van der Waals surface area (Å²) in [5, 5.41) is 0. The minimum absolute atomic E-state index is 0.192. The molecule has 2 amide bonds. The number of sulfonamides is 1. The fourth-order valence-electron chi connectivity index (χ4n) is 1.44. The molecule has 132 valence electrons. The first-order valence-electron chi connectivity index (χ1n) is 6.56. The molecule has 0 bridgehead atoms. The molecule has 1 aromatic rings. The highest BCUT2D eigenvalue weighted by molar-refractivity contribution is 7.89. The lowest BCUT2D eigenvalue weighted by molar-refractivity contribution is -0.148. The SMILES string of the molecule is CC(=O)NNC(=O)COC(=O)CN(C)S(=O)(=O)c1ccc(F)cc1. The van der Waals surface area contributed by atoms with Crippen LogP contribution >= 0.6 is 0 Å². The molecular formula is C13H16FN3O6S. The van der Waals surface area contributed by atoms with Crippen molar-refractivity contribution in [1.82, 2.24) is 15.2 Å². The number of hydrogen-bond donors (Lipinski definition) is 2. The number of benzene rings is 1. The maximum absolute atomic E-state index is 12.8. The van der Waals surface area contributed by atoms with E-state index in [1.807, 2.05) is 10.9 Å². The third-order valence-electron chi connectivity index (χ3n) is 2.62. The predicted octanol–water partition coefficient (Wildman–Crippen LogP) is -0.843. The minimum atomic E-state index is -4.00. The molecule has 0 aliphatic carbocycles. The number of rotatable bonds is 6.